The fourth-order valence-electron chi connectivity index (χ4n) is 2.42. The lowest BCUT2D eigenvalue weighted by molar-refractivity contribution is 0.0613. The molecule has 1 fully saturated rings. The first-order valence-corrected chi connectivity index (χ1v) is 6.94. The second kappa shape index (κ2) is 6.18. The van der Waals surface area contributed by atoms with Gasteiger partial charge in [0.15, 0.2) is 11.6 Å². The molecule has 1 amide bonds. The van der Waals surface area contributed by atoms with Crippen molar-refractivity contribution in [3.8, 4) is 0 Å². The third-order valence-corrected chi connectivity index (χ3v) is 3.54. The summed E-state index contributed by atoms with van der Waals surface area (Å²) in [4.78, 5) is 19.8. The van der Waals surface area contributed by atoms with Crippen molar-refractivity contribution in [1.82, 2.24) is 20.4 Å². The van der Waals surface area contributed by atoms with E-state index in [9.17, 15) is 9.18 Å². The SMILES string of the molecule is Cc1noc([C@H]2OCC[C@H]2CNC(=O)c2ccncc2F)n1. The van der Waals surface area contributed by atoms with E-state index in [2.05, 4.69) is 20.4 Å². The minimum atomic E-state index is -0.647. The van der Waals surface area contributed by atoms with Crippen molar-refractivity contribution in [2.45, 2.75) is 19.4 Å². The zero-order valence-corrected chi connectivity index (χ0v) is 12.0. The van der Waals surface area contributed by atoms with E-state index in [-0.39, 0.29) is 17.6 Å². The molecule has 2 aromatic heterocycles. The Morgan fingerprint density at radius 1 is 1.55 bits per heavy atom. The van der Waals surface area contributed by atoms with Crippen LogP contribution >= 0.6 is 0 Å². The van der Waals surface area contributed by atoms with Gasteiger partial charge in [-0.15, -0.1) is 0 Å². The van der Waals surface area contributed by atoms with Crippen LogP contribution in [0.3, 0.4) is 0 Å². The number of halogens is 1. The van der Waals surface area contributed by atoms with Crippen LogP contribution < -0.4 is 5.32 Å². The molecule has 1 aliphatic rings. The van der Waals surface area contributed by atoms with Gasteiger partial charge in [-0.25, -0.2) is 4.39 Å². The lowest BCUT2D eigenvalue weighted by Gasteiger charge is -2.15. The highest BCUT2D eigenvalue weighted by molar-refractivity contribution is 5.94. The van der Waals surface area contributed by atoms with E-state index >= 15 is 0 Å². The van der Waals surface area contributed by atoms with Crippen LogP contribution in [0.2, 0.25) is 0 Å². The first kappa shape index (κ1) is 14.6. The molecule has 0 aliphatic carbocycles. The minimum Gasteiger partial charge on any atom is -0.368 e. The molecule has 3 heterocycles. The van der Waals surface area contributed by atoms with Gasteiger partial charge in [0.05, 0.1) is 11.8 Å². The predicted octanol–water partition coefficient (Wildman–Crippen LogP) is 1.42. The monoisotopic (exact) mass is 306 g/mol. The van der Waals surface area contributed by atoms with E-state index in [1.807, 2.05) is 0 Å². The summed E-state index contributed by atoms with van der Waals surface area (Å²) in [5.41, 5.74) is -0.0286. The molecular formula is C14H15FN4O3. The number of ether oxygens (including phenoxy) is 1. The molecule has 0 saturated carbocycles. The predicted molar refractivity (Wildman–Crippen MR) is 72.4 cm³/mol. The standard InChI is InChI=1S/C14H15FN4O3/c1-8-18-14(22-19-8)12-9(3-5-21-12)6-17-13(20)10-2-4-16-7-11(10)15/h2,4,7,9,12H,3,5-6H2,1H3,(H,17,20)/t9-,12-/m0/s1. The van der Waals surface area contributed by atoms with Gasteiger partial charge in [-0.05, 0) is 19.4 Å². The molecule has 3 rings (SSSR count). The van der Waals surface area contributed by atoms with Gasteiger partial charge in [-0.1, -0.05) is 5.16 Å². The molecule has 0 unspecified atom stereocenters. The van der Waals surface area contributed by atoms with E-state index in [4.69, 9.17) is 9.26 Å². The maximum absolute atomic E-state index is 13.5. The van der Waals surface area contributed by atoms with Crippen LogP contribution in [0.15, 0.2) is 23.0 Å². The molecule has 116 valence electrons. The van der Waals surface area contributed by atoms with Crippen molar-refractivity contribution < 1.29 is 18.4 Å². The fourth-order valence-corrected chi connectivity index (χ4v) is 2.42. The fraction of sp³-hybridized carbons (Fsp3) is 0.429. The van der Waals surface area contributed by atoms with Crippen LogP contribution in [-0.4, -0.2) is 34.2 Å². The van der Waals surface area contributed by atoms with Crippen molar-refractivity contribution in [2.24, 2.45) is 5.92 Å². The Labute approximate surface area is 125 Å². The molecule has 8 heteroatoms. The van der Waals surface area contributed by atoms with Gasteiger partial charge in [-0.3, -0.25) is 9.78 Å². The molecule has 2 atom stereocenters. The summed E-state index contributed by atoms with van der Waals surface area (Å²) in [5, 5.41) is 6.45. The molecule has 0 bridgehead atoms. The summed E-state index contributed by atoms with van der Waals surface area (Å²) >= 11 is 0. The van der Waals surface area contributed by atoms with Gasteiger partial charge in [0.2, 0.25) is 0 Å². The van der Waals surface area contributed by atoms with E-state index < -0.39 is 11.7 Å². The van der Waals surface area contributed by atoms with E-state index in [1.165, 1.54) is 12.3 Å². The molecule has 1 N–H and O–H groups in total. The number of hydrogen-bond acceptors (Lipinski definition) is 6. The van der Waals surface area contributed by atoms with E-state index in [0.29, 0.717) is 24.9 Å². The number of nitrogens with one attached hydrogen (secondary N) is 1. The molecule has 0 spiro atoms. The second-order valence-corrected chi connectivity index (χ2v) is 5.09. The lowest BCUT2D eigenvalue weighted by Crippen LogP contribution is -2.31. The number of carbonyl (C=O) groups is 1. The maximum Gasteiger partial charge on any atom is 0.256 e. The van der Waals surface area contributed by atoms with Crippen molar-refractivity contribution in [3.63, 3.8) is 0 Å². The molecule has 7 nitrogen and oxygen atoms in total. The summed E-state index contributed by atoms with van der Waals surface area (Å²) in [6.45, 7) is 2.62. The first-order valence-electron chi connectivity index (χ1n) is 6.94. The highest BCUT2D eigenvalue weighted by Crippen LogP contribution is 2.33. The highest BCUT2D eigenvalue weighted by Gasteiger charge is 2.34. The molecule has 22 heavy (non-hydrogen) atoms. The Kier molecular flexibility index (Phi) is 4.10. The smallest absolute Gasteiger partial charge is 0.256 e. The number of nitrogens with zero attached hydrogens (tertiary/aromatic N) is 3. The Morgan fingerprint density at radius 2 is 2.41 bits per heavy atom. The van der Waals surface area contributed by atoms with Crippen LogP contribution in [0.4, 0.5) is 4.39 Å². The van der Waals surface area contributed by atoms with Crippen LogP contribution in [0.25, 0.3) is 0 Å². The zero-order chi connectivity index (χ0) is 15.5. The van der Waals surface area contributed by atoms with Crippen LogP contribution in [0, 0.1) is 18.7 Å². The number of hydrogen-bond donors (Lipinski definition) is 1. The molecular weight excluding hydrogens is 291 g/mol. The Hall–Kier alpha value is -2.35. The lowest BCUT2D eigenvalue weighted by atomic mass is 10.0. The second-order valence-electron chi connectivity index (χ2n) is 5.09. The maximum atomic E-state index is 13.5. The average molecular weight is 306 g/mol. The molecule has 0 radical (unpaired) electrons. The van der Waals surface area contributed by atoms with Crippen molar-refractivity contribution in [2.75, 3.05) is 13.2 Å². The molecule has 1 saturated heterocycles. The van der Waals surface area contributed by atoms with Gasteiger partial charge in [0, 0.05) is 25.3 Å². The minimum absolute atomic E-state index is 0.00805. The third-order valence-electron chi connectivity index (χ3n) is 3.54. The van der Waals surface area contributed by atoms with Crippen molar-refractivity contribution in [3.05, 3.63) is 41.6 Å². The van der Waals surface area contributed by atoms with Gasteiger partial charge < -0.3 is 14.6 Å². The third kappa shape index (κ3) is 2.96. The molecule has 1 aliphatic heterocycles. The Morgan fingerprint density at radius 3 is 3.14 bits per heavy atom. The van der Waals surface area contributed by atoms with E-state index in [0.717, 1.165) is 12.6 Å². The van der Waals surface area contributed by atoms with Crippen LogP contribution in [0.1, 0.15) is 34.6 Å². The first-order chi connectivity index (χ1) is 10.6. The van der Waals surface area contributed by atoms with Gasteiger partial charge >= 0.3 is 0 Å². The van der Waals surface area contributed by atoms with Crippen LogP contribution in [-0.2, 0) is 4.74 Å². The number of amides is 1. The largest absolute Gasteiger partial charge is 0.368 e. The summed E-state index contributed by atoms with van der Waals surface area (Å²) in [6.07, 6.45) is 2.80. The zero-order valence-electron chi connectivity index (χ0n) is 12.0. The number of rotatable bonds is 4. The van der Waals surface area contributed by atoms with Crippen molar-refractivity contribution >= 4 is 5.91 Å². The molecule has 0 aromatic carbocycles. The molecule has 2 aromatic rings. The summed E-state index contributed by atoms with van der Waals surface area (Å²) in [6, 6.07) is 1.34. The number of aryl methyl sites for hydroxylation is 1. The summed E-state index contributed by atoms with van der Waals surface area (Å²) in [5.74, 6) is -0.177. The topological polar surface area (TPSA) is 90.1 Å². The Balaban J connectivity index is 1.63. The highest BCUT2D eigenvalue weighted by atomic mass is 19.1. The Bertz CT molecular complexity index is 676. The van der Waals surface area contributed by atoms with Crippen LogP contribution in [0.5, 0.6) is 0 Å². The van der Waals surface area contributed by atoms with Gasteiger partial charge in [0.1, 0.15) is 6.10 Å². The summed E-state index contributed by atoms with van der Waals surface area (Å²) in [7, 11) is 0. The number of carbonyl (C=O) groups excluding carboxylic acids is 1. The van der Waals surface area contributed by atoms with Gasteiger partial charge in [0.25, 0.3) is 11.8 Å². The number of aromatic nitrogens is 3. The van der Waals surface area contributed by atoms with E-state index in [1.54, 1.807) is 6.92 Å². The van der Waals surface area contributed by atoms with Gasteiger partial charge in [-0.2, -0.15) is 4.98 Å². The summed E-state index contributed by atoms with van der Waals surface area (Å²) < 4.78 is 24.2. The average Bonchev–Trinajstić information content (AvgIpc) is 3.13. The van der Waals surface area contributed by atoms with Crippen molar-refractivity contribution in [1.29, 1.82) is 0 Å². The number of pyridine rings is 1. The quantitative estimate of drug-likeness (QED) is 0.918. The normalized spacial score (nSPS) is 21.0.